The van der Waals surface area contributed by atoms with Crippen LogP contribution in [0.3, 0.4) is 0 Å². The largest absolute Gasteiger partial charge is 0.278 e. The molecule has 19 heavy (non-hydrogen) atoms. The van der Waals surface area contributed by atoms with Crippen LogP contribution < -0.4 is 4.72 Å². The molecule has 0 bridgehead atoms. The second kappa shape index (κ2) is 5.96. The first kappa shape index (κ1) is 14.4. The van der Waals surface area contributed by atoms with Crippen LogP contribution in [0.5, 0.6) is 0 Å². The van der Waals surface area contributed by atoms with Gasteiger partial charge in [-0.2, -0.15) is 5.26 Å². The van der Waals surface area contributed by atoms with E-state index in [0.29, 0.717) is 10.2 Å². The van der Waals surface area contributed by atoms with Crippen LogP contribution in [0.15, 0.2) is 49.3 Å². The molecule has 0 aliphatic rings. The fourth-order valence-electron chi connectivity index (χ4n) is 1.31. The number of nitrogens with zero attached hydrogens (tertiary/aromatic N) is 1. The van der Waals surface area contributed by atoms with Gasteiger partial charge in [-0.25, -0.2) is 8.42 Å². The highest BCUT2D eigenvalue weighted by Gasteiger charge is 2.16. The average molecular weight is 375 g/mol. The number of halogens is 1. The smallest absolute Gasteiger partial charge is 0.271 e. The number of hydrogen-bond acceptors (Lipinski definition) is 5. The standard InChI is InChI=1S/C11H7BrN2O2S3/c12-9-6-8(18-7-13)3-4-10(9)14-19(15,16)11-2-1-5-17-11/h1-6,14H. The topological polar surface area (TPSA) is 70.0 Å². The molecule has 1 aromatic heterocycles. The Kier molecular flexibility index (Phi) is 4.52. The van der Waals surface area contributed by atoms with Crippen LogP contribution in [0, 0.1) is 10.7 Å². The molecule has 1 heterocycles. The van der Waals surface area contributed by atoms with Crippen LogP contribution in [0.25, 0.3) is 0 Å². The third kappa shape index (κ3) is 3.51. The van der Waals surface area contributed by atoms with E-state index < -0.39 is 10.0 Å². The highest BCUT2D eigenvalue weighted by atomic mass is 79.9. The van der Waals surface area contributed by atoms with Crippen molar-refractivity contribution < 1.29 is 8.42 Å². The summed E-state index contributed by atoms with van der Waals surface area (Å²) in [6, 6.07) is 8.22. The number of hydrogen-bond donors (Lipinski definition) is 1. The lowest BCUT2D eigenvalue weighted by atomic mass is 10.3. The molecule has 2 rings (SSSR count). The fourth-order valence-corrected chi connectivity index (χ4v) is 4.56. The molecule has 1 aromatic carbocycles. The van der Waals surface area contributed by atoms with Crippen LogP contribution in [0.2, 0.25) is 0 Å². The lowest BCUT2D eigenvalue weighted by Crippen LogP contribution is -2.11. The molecule has 0 spiro atoms. The predicted octanol–water partition coefficient (Wildman–Crippen LogP) is 3.88. The van der Waals surface area contributed by atoms with Gasteiger partial charge in [0.05, 0.1) is 5.69 Å². The van der Waals surface area contributed by atoms with Crippen molar-refractivity contribution in [1.29, 1.82) is 5.26 Å². The summed E-state index contributed by atoms with van der Waals surface area (Å²) in [5.74, 6) is 0. The van der Waals surface area contributed by atoms with Crippen LogP contribution in [0.4, 0.5) is 5.69 Å². The van der Waals surface area contributed by atoms with Gasteiger partial charge in [-0.1, -0.05) is 6.07 Å². The minimum atomic E-state index is -3.55. The van der Waals surface area contributed by atoms with E-state index >= 15 is 0 Å². The maximum Gasteiger partial charge on any atom is 0.271 e. The number of thiocyanates is 1. The Morgan fingerprint density at radius 3 is 2.74 bits per heavy atom. The molecule has 8 heteroatoms. The SMILES string of the molecule is N#CSc1ccc(NS(=O)(=O)c2cccs2)c(Br)c1. The number of nitrogens with one attached hydrogen (secondary N) is 1. The van der Waals surface area contributed by atoms with Crippen LogP contribution in [-0.2, 0) is 10.0 Å². The van der Waals surface area contributed by atoms with Crippen molar-refractivity contribution >= 4 is 54.7 Å². The maximum absolute atomic E-state index is 12.0. The van der Waals surface area contributed by atoms with E-state index in [2.05, 4.69) is 20.7 Å². The molecule has 0 fully saturated rings. The second-order valence-corrected chi connectivity index (χ2v) is 7.94. The zero-order chi connectivity index (χ0) is 13.9. The molecule has 98 valence electrons. The molecule has 0 aliphatic carbocycles. The highest BCUT2D eigenvalue weighted by Crippen LogP contribution is 2.30. The lowest BCUT2D eigenvalue weighted by molar-refractivity contribution is 0.603. The minimum Gasteiger partial charge on any atom is -0.278 e. The van der Waals surface area contributed by atoms with Crippen molar-refractivity contribution in [2.45, 2.75) is 9.10 Å². The van der Waals surface area contributed by atoms with E-state index in [1.54, 1.807) is 35.7 Å². The summed E-state index contributed by atoms with van der Waals surface area (Å²) in [5, 5.41) is 12.2. The van der Waals surface area contributed by atoms with Gasteiger partial charge in [0.2, 0.25) is 0 Å². The molecule has 0 unspecified atom stereocenters. The van der Waals surface area contributed by atoms with E-state index in [9.17, 15) is 8.42 Å². The highest BCUT2D eigenvalue weighted by molar-refractivity contribution is 9.10. The monoisotopic (exact) mass is 374 g/mol. The summed E-state index contributed by atoms with van der Waals surface area (Å²) in [6.45, 7) is 0. The number of thioether (sulfide) groups is 1. The molecule has 0 atom stereocenters. The van der Waals surface area contributed by atoms with Gasteiger partial charge < -0.3 is 0 Å². The first-order chi connectivity index (χ1) is 9.03. The third-order valence-electron chi connectivity index (χ3n) is 2.11. The van der Waals surface area contributed by atoms with Crippen molar-refractivity contribution in [3.05, 3.63) is 40.2 Å². The van der Waals surface area contributed by atoms with Crippen LogP contribution in [-0.4, -0.2) is 8.42 Å². The van der Waals surface area contributed by atoms with Gasteiger partial charge in [0.15, 0.2) is 0 Å². The second-order valence-electron chi connectivity index (χ2n) is 3.37. The molecule has 0 aliphatic heterocycles. The first-order valence-electron chi connectivity index (χ1n) is 4.95. The molecular weight excluding hydrogens is 368 g/mol. The lowest BCUT2D eigenvalue weighted by Gasteiger charge is -2.08. The van der Waals surface area contributed by atoms with Crippen molar-refractivity contribution in [1.82, 2.24) is 0 Å². The third-order valence-corrected chi connectivity index (χ3v) is 6.11. The molecule has 0 saturated heterocycles. The number of sulfonamides is 1. The van der Waals surface area contributed by atoms with Gasteiger partial charge in [-0.05, 0) is 57.3 Å². The number of benzene rings is 1. The zero-order valence-corrected chi connectivity index (χ0v) is 13.4. The van der Waals surface area contributed by atoms with E-state index in [0.717, 1.165) is 28.0 Å². The van der Waals surface area contributed by atoms with Crippen molar-refractivity contribution in [3.8, 4) is 5.40 Å². The van der Waals surface area contributed by atoms with Crippen molar-refractivity contribution in [3.63, 3.8) is 0 Å². The summed E-state index contributed by atoms with van der Waals surface area (Å²) >= 11 is 5.45. The number of thiophene rings is 1. The Morgan fingerprint density at radius 2 is 2.16 bits per heavy atom. The Hall–Kier alpha value is -1.01. The summed E-state index contributed by atoms with van der Waals surface area (Å²) < 4.78 is 27.4. The van der Waals surface area contributed by atoms with Crippen molar-refractivity contribution in [2.24, 2.45) is 0 Å². The fraction of sp³-hybridized carbons (Fsp3) is 0. The Morgan fingerprint density at radius 1 is 1.37 bits per heavy atom. The maximum atomic E-state index is 12.0. The molecule has 0 radical (unpaired) electrons. The van der Waals surface area contributed by atoms with E-state index in [1.807, 2.05) is 5.40 Å². The normalized spacial score (nSPS) is 10.9. The Balaban J connectivity index is 2.28. The minimum absolute atomic E-state index is 0.259. The molecule has 2 aromatic rings. The Bertz CT molecular complexity index is 721. The molecule has 0 amide bonds. The van der Waals surface area contributed by atoms with Crippen molar-refractivity contribution in [2.75, 3.05) is 4.72 Å². The van der Waals surface area contributed by atoms with Crippen LogP contribution >= 0.6 is 39.0 Å². The Labute approximate surface area is 127 Å². The number of nitriles is 1. The molecule has 4 nitrogen and oxygen atoms in total. The van der Waals surface area contributed by atoms with Crippen LogP contribution in [0.1, 0.15) is 0 Å². The predicted molar refractivity (Wildman–Crippen MR) is 80.7 cm³/mol. The molecule has 1 N–H and O–H groups in total. The van der Waals surface area contributed by atoms with Gasteiger partial charge in [-0.15, -0.1) is 11.3 Å². The van der Waals surface area contributed by atoms with Gasteiger partial charge in [0.25, 0.3) is 10.0 Å². The van der Waals surface area contributed by atoms with Gasteiger partial charge in [0.1, 0.15) is 9.61 Å². The first-order valence-corrected chi connectivity index (χ1v) is 8.92. The number of anilines is 1. The zero-order valence-electron chi connectivity index (χ0n) is 9.33. The summed E-state index contributed by atoms with van der Waals surface area (Å²) in [7, 11) is -3.55. The van der Waals surface area contributed by atoms with E-state index in [1.165, 1.54) is 0 Å². The van der Waals surface area contributed by atoms with E-state index in [4.69, 9.17) is 5.26 Å². The summed E-state index contributed by atoms with van der Waals surface area (Å²) in [4.78, 5) is 0.744. The van der Waals surface area contributed by atoms with E-state index in [-0.39, 0.29) is 4.21 Å². The molecular formula is C11H7BrN2O2S3. The molecule has 0 saturated carbocycles. The quantitative estimate of drug-likeness (QED) is 0.650. The summed E-state index contributed by atoms with van der Waals surface area (Å²) in [6.07, 6.45) is 0. The van der Waals surface area contributed by atoms with Gasteiger partial charge in [-0.3, -0.25) is 4.72 Å². The number of rotatable bonds is 4. The van der Waals surface area contributed by atoms with Gasteiger partial charge >= 0.3 is 0 Å². The summed E-state index contributed by atoms with van der Waals surface area (Å²) in [5.41, 5.74) is 0.440. The average Bonchev–Trinajstić information content (AvgIpc) is 2.87. The van der Waals surface area contributed by atoms with Gasteiger partial charge in [0, 0.05) is 9.37 Å².